The zero-order valence-electron chi connectivity index (χ0n) is 29.8. The highest BCUT2D eigenvalue weighted by Crippen LogP contribution is 2.37. The summed E-state index contributed by atoms with van der Waals surface area (Å²) in [6.07, 6.45) is 2.20. The van der Waals surface area contributed by atoms with Crippen LogP contribution in [0, 0.1) is 13.8 Å². The van der Waals surface area contributed by atoms with Crippen LogP contribution in [0.3, 0.4) is 0 Å². The summed E-state index contributed by atoms with van der Waals surface area (Å²) < 4.78 is 55.4. The Morgan fingerprint density at radius 2 is 1.09 bits per heavy atom. The predicted octanol–water partition coefficient (Wildman–Crippen LogP) is 7.02. The standard InChI is InChI=1S/C20H22N2O4S2.C17H16N2O4S2/c1-13(2)26-20(23)12-22-17(10-14(3)21-22)19-9-8-18(27-19)15-6-5-7-16(11-15)28(4,24)25;1-11-8-14(19(18-11)10-17(20)21)16-7-6-15(24-16)12-4-3-5-13(9-12)25(2,22)23/h5-11,13H,12H2,1-4H3;3-9H,10H2,1-2H3,(H,20,21). The summed E-state index contributed by atoms with van der Waals surface area (Å²) in [5, 5.41) is 17.6. The van der Waals surface area contributed by atoms with Crippen LogP contribution in [0.2, 0.25) is 0 Å². The van der Waals surface area contributed by atoms with Gasteiger partial charge in [0.2, 0.25) is 0 Å². The van der Waals surface area contributed by atoms with Gasteiger partial charge >= 0.3 is 11.9 Å². The van der Waals surface area contributed by atoms with E-state index in [4.69, 9.17) is 9.84 Å². The summed E-state index contributed by atoms with van der Waals surface area (Å²) in [7, 11) is -6.54. The Labute approximate surface area is 316 Å². The van der Waals surface area contributed by atoms with E-state index in [1.165, 1.54) is 39.9 Å². The van der Waals surface area contributed by atoms with E-state index in [2.05, 4.69) is 10.2 Å². The van der Waals surface area contributed by atoms with Crippen molar-refractivity contribution in [1.82, 2.24) is 19.6 Å². The van der Waals surface area contributed by atoms with E-state index >= 15 is 0 Å². The number of ether oxygens (including phenoxy) is 1. The van der Waals surface area contributed by atoms with Gasteiger partial charge in [0, 0.05) is 22.3 Å². The number of thiophene rings is 2. The van der Waals surface area contributed by atoms with E-state index in [0.717, 1.165) is 53.4 Å². The Morgan fingerprint density at radius 3 is 1.49 bits per heavy atom. The number of carboxylic acids is 1. The molecule has 278 valence electrons. The molecule has 0 atom stereocenters. The van der Waals surface area contributed by atoms with Crippen LogP contribution in [0.5, 0.6) is 0 Å². The average Bonchev–Trinajstić information content (AvgIpc) is 3.87. The molecule has 0 saturated heterocycles. The number of nitrogens with zero attached hydrogens (tertiary/aromatic N) is 4. The van der Waals surface area contributed by atoms with Crippen molar-refractivity contribution < 1.29 is 36.3 Å². The first kappa shape index (κ1) is 39.3. The first-order valence-electron chi connectivity index (χ1n) is 16.2. The summed E-state index contributed by atoms with van der Waals surface area (Å²) in [4.78, 5) is 27.3. The number of aromatic nitrogens is 4. The van der Waals surface area contributed by atoms with Crippen molar-refractivity contribution in [2.45, 2.75) is 56.7 Å². The first-order valence-corrected chi connectivity index (χ1v) is 21.6. The normalized spacial score (nSPS) is 11.7. The third-order valence-electron chi connectivity index (χ3n) is 7.55. The van der Waals surface area contributed by atoms with Crippen molar-refractivity contribution in [3.63, 3.8) is 0 Å². The molecule has 0 radical (unpaired) electrons. The second-order valence-corrected chi connectivity index (χ2v) is 18.7. The zero-order valence-corrected chi connectivity index (χ0v) is 33.1. The maximum atomic E-state index is 12.0. The molecule has 4 aromatic heterocycles. The second-order valence-electron chi connectivity index (χ2n) is 12.5. The number of carbonyl (C=O) groups is 2. The van der Waals surface area contributed by atoms with Gasteiger partial charge in [0.1, 0.15) is 13.1 Å². The lowest BCUT2D eigenvalue weighted by atomic mass is 10.2. The van der Waals surface area contributed by atoms with Gasteiger partial charge in [0.25, 0.3) is 0 Å². The fourth-order valence-electron chi connectivity index (χ4n) is 5.30. The highest BCUT2D eigenvalue weighted by atomic mass is 32.2. The van der Waals surface area contributed by atoms with Crippen LogP contribution in [0.1, 0.15) is 25.2 Å². The molecule has 2 aromatic carbocycles. The fourth-order valence-corrected chi connectivity index (χ4v) is 8.68. The Morgan fingerprint density at radius 1 is 0.679 bits per heavy atom. The smallest absolute Gasteiger partial charge is 0.328 e. The molecule has 0 aliphatic heterocycles. The Kier molecular flexibility index (Phi) is 11.9. The van der Waals surface area contributed by atoms with E-state index in [9.17, 15) is 26.4 Å². The lowest BCUT2D eigenvalue weighted by Crippen LogP contribution is -2.18. The summed E-state index contributed by atoms with van der Waals surface area (Å²) >= 11 is 2.98. The maximum Gasteiger partial charge on any atom is 0.328 e. The first-order chi connectivity index (χ1) is 24.9. The van der Waals surface area contributed by atoms with Crippen LogP contribution >= 0.6 is 22.7 Å². The molecule has 0 aliphatic carbocycles. The number of sulfone groups is 2. The molecular weight excluding hydrogens is 757 g/mol. The number of rotatable bonds is 11. The number of aryl methyl sites for hydroxylation is 2. The molecule has 0 bridgehead atoms. The largest absolute Gasteiger partial charge is 0.480 e. The van der Waals surface area contributed by atoms with Crippen molar-refractivity contribution in [3.8, 4) is 42.0 Å². The van der Waals surface area contributed by atoms with E-state index in [1.807, 2.05) is 76.2 Å². The minimum absolute atomic E-state index is 0.0398. The van der Waals surface area contributed by atoms with Gasteiger partial charge in [-0.2, -0.15) is 10.2 Å². The highest BCUT2D eigenvalue weighted by molar-refractivity contribution is 7.91. The van der Waals surface area contributed by atoms with Gasteiger partial charge in [-0.15, -0.1) is 22.7 Å². The number of carboxylic acid groups (broad SMARTS) is 1. The van der Waals surface area contributed by atoms with Crippen molar-refractivity contribution in [1.29, 1.82) is 0 Å². The molecule has 12 nitrogen and oxygen atoms in total. The number of hydrogen-bond donors (Lipinski definition) is 1. The molecule has 4 heterocycles. The highest BCUT2D eigenvalue weighted by Gasteiger charge is 2.17. The molecule has 53 heavy (non-hydrogen) atoms. The summed E-state index contributed by atoms with van der Waals surface area (Å²) in [5.74, 6) is -1.29. The summed E-state index contributed by atoms with van der Waals surface area (Å²) in [6.45, 7) is 7.13. The zero-order chi connectivity index (χ0) is 38.7. The molecule has 1 N–H and O–H groups in total. The van der Waals surface area contributed by atoms with Gasteiger partial charge in [-0.05, 0) is 99.5 Å². The average molecular weight is 795 g/mol. The van der Waals surface area contributed by atoms with Crippen molar-refractivity contribution in [3.05, 3.63) is 96.3 Å². The lowest BCUT2D eigenvalue weighted by molar-refractivity contribution is -0.148. The molecule has 6 rings (SSSR count). The van der Waals surface area contributed by atoms with Crippen molar-refractivity contribution in [2.24, 2.45) is 0 Å². The van der Waals surface area contributed by atoms with Gasteiger partial charge in [0.05, 0.1) is 48.4 Å². The monoisotopic (exact) mass is 794 g/mol. The van der Waals surface area contributed by atoms with Crippen LogP contribution in [-0.4, -0.2) is 72.1 Å². The Hall–Kier alpha value is -4.90. The minimum Gasteiger partial charge on any atom is -0.480 e. The summed E-state index contributed by atoms with van der Waals surface area (Å²) in [5.41, 5.74) is 4.75. The maximum absolute atomic E-state index is 12.0. The van der Waals surface area contributed by atoms with Gasteiger partial charge in [-0.1, -0.05) is 24.3 Å². The van der Waals surface area contributed by atoms with Crippen LogP contribution in [-0.2, 0) is 47.1 Å². The Bertz CT molecular complexity index is 2510. The van der Waals surface area contributed by atoms with Crippen molar-refractivity contribution in [2.75, 3.05) is 12.5 Å². The molecule has 0 amide bonds. The van der Waals surface area contributed by atoms with Gasteiger partial charge in [0.15, 0.2) is 19.7 Å². The van der Waals surface area contributed by atoms with E-state index in [-0.39, 0.29) is 35.0 Å². The number of hydrogen-bond acceptors (Lipinski definition) is 11. The number of carbonyl (C=O) groups excluding carboxylic acids is 1. The Balaban J connectivity index is 0.000000206. The van der Waals surface area contributed by atoms with Crippen LogP contribution in [0.25, 0.3) is 42.0 Å². The third kappa shape index (κ3) is 10.2. The minimum atomic E-state index is -3.27. The van der Waals surface area contributed by atoms with Gasteiger partial charge in [-0.3, -0.25) is 19.0 Å². The number of aliphatic carboxylic acids is 1. The molecule has 0 fully saturated rings. The van der Waals surface area contributed by atoms with Gasteiger partial charge < -0.3 is 9.84 Å². The van der Waals surface area contributed by atoms with E-state index in [1.54, 1.807) is 41.1 Å². The number of esters is 1. The second kappa shape index (κ2) is 16.0. The number of benzene rings is 2. The molecule has 0 saturated carbocycles. The SMILES string of the molecule is Cc1cc(-c2ccc(-c3cccc(S(C)(=O)=O)c3)s2)n(CC(=O)O)n1.Cc1cc(-c2ccc(-c3cccc(S(C)(=O)=O)c3)s2)n(CC(=O)OC(C)C)n1. The van der Waals surface area contributed by atoms with Crippen molar-refractivity contribution >= 4 is 54.3 Å². The predicted molar refractivity (Wildman–Crippen MR) is 207 cm³/mol. The van der Waals surface area contributed by atoms with Crippen LogP contribution in [0.4, 0.5) is 0 Å². The van der Waals surface area contributed by atoms with Crippen LogP contribution < -0.4 is 0 Å². The van der Waals surface area contributed by atoms with E-state index in [0.29, 0.717) is 0 Å². The quantitative estimate of drug-likeness (QED) is 0.135. The molecule has 0 unspecified atom stereocenters. The van der Waals surface area contributed by atoms with Gasteiger partial charge in [-0.25, -0.2) is 16.8 Å². The molecule has 0 aliphatic rings. The molecule has 6 aromatic rings. The van der Waals surface area contributed by atoms with Crippen LogP contribution in [0.15, 0.2) is 94.7 Å². The third-order valence-corrected chi connectivity index (χ3v) is 12.1. The summed E-state index contributed by atoms with van der Waals surface area (Å²) in [6, 6.07) is 25.1. The molecule has 0 spiro atoms. The topological polar surface area (TPSA) is 168 Å². The van der Waals surface area contributed by atoms with E-state index < -0.39 is 25.6 Å². The molecular formula is C37H38N4O8S4. The lowest BCUT2D eigenvalue weighted by Gasteiger charge is -2.09. The molecule has 16 heteroatoms. The fraction of sp³-hybridized carbons (Fsp3) is 0.243.